The SMILES string of the molecule is CC(=O)N1C=Cc2ccccc2C1CC(=O)Nc1ccc2c(c1)OCCCO2. The largest absolute Gasteiger partial charge is 0.490 e. The molecule has 0 saturated carbocycles. The molecule has 4 rings (SSSR count). The predicted octanol–water partition coefficient (Wildman–Crippen LogP) is 3.75. The van der Waals surface area contributed by atoms with Crippen LogP contribution >= 0.6 is 0 Å². The molecule has 144 valence electrons. The van der Waals surface area contributed by atoms with Crippen LogP contribution in [-0.4, -0.2) is 29.9 Å². The van der Waals surface area contributed by atoms with Crippen LogP contribution in [-0.2, 0) is 9.59 Å². The molecule has 1 unspecified atom stereocenters. The number of hydrogen-bond donors (Lipinski definition) is 1. The van der Waals surface area contributed by atoms with Gasteiger partial charge in [0, 0.05) is 31.3 Å². The highest BCUT2D eigenvalue weighted by Crippen LogP contribution is 2.34. The van der Waals surface area contributed by atoms with E-state index in [0.717, 1.165) is 17.5 Å². The summed E-state index contributed by atoms with van der Waals surface area (Å²) in [6.07, 6.45) is 4.63. The third-order valence-corrected chi connectivity index (χ3v) is 4.88. The van der Waals surface area contributed by atoms with Crippen molar-refractivity contribution < 1.29 is 19.1 Å². The third kappa shape index (κ3) is 3.71. The fourth-order valence-electron chi connectivity index (χ4n) is 3.54. The summed E-state index contributed by atoms with van der Waals surface area (Å²) in [5, 5.41) is 2.91. The summed E-state index contributed by atoms with van der Waals surface area (Å²) in [6, 6.07) is 12.8. The standard InChI is InChI=1S/C22H22N2O4/c1-15(25)24-10-9-16-5-2-3-6-18(16)19(24)14-22(26)23-17-7-8-20-21(13-17)28-12-4-11-27-20/h2-3,5-10,13,19H,4,11-12,14H2,1H3,(H,23,26). The number of amides is 2. The van der Waals surface area contributed by atoms with Crippen LogP contribution in [0.15, 0.2) is 48.7 Å². The molecule has 0 spiro atoms. The van der Waals surface area contributed by atoms with Gasteiger partial charge in [-0.2, -0.15) is 0 Å². The highest BCUT2D eigenvalue weighted by molar-refractivity contribution is 5.92. The van der Waals surface area contributed by atoms with E-state index in [4.69, 9.17) is 9.47 Å². The van der Waals surface area contributed by atoms with Gasteiger partial charge in [0.2, 0.25) is 11.8 Å². The van der Waals surface area contributed by atoms with Gasteiger partial charge in [-0.3, -0.25) is 9.59 Å². The first kappa shape index (κ1) is 18.1. The van der Waals surface area contributed by atoms with Crippen molar-refractivity contribution in [3.8, 4) is 11.5 Å². The fraction of sp³-hybridized carbons (Fsp3) is 0.273. The van der Waals surface area contributed by atoms with Crippen LogP contribution in [0.25, 0.3) is 6.08 Å². The number of benzene rings is 2. The van der Waals surface area contributed by atoms with E-state index in [9.17, 15) is 9.59 Å². The Balaban J connectivity index is 1.52. The van der Waals surface area contributed by atoms with E-state index >= 15 is 0 Å². The van der Waals surface area contributed by atoms with E-state index < -0.39 is 0 Å². The van der Waals surface area contributed by atoms with Gasteiger partial charge in [0.05, 0.1) is 25.7 Å². The van der Waals surface area contributed by atoms with Gasteiger partial charge in [-0.05, 0) is 29.3 Å². The number of carbonyl (C=O) groups is 2. The molecule has 2 aliphatic rings. The monoisotopic (exact) mass is 378 g/mol. The van der Waals surface area contributed by atoms with Gasteiger partial charge in [0.1, 0.15) is 0 Å². The number of fused-ring (bicyclic) bond motifs is 2. The number of hydrogen-bond acceptors (Lipinski definition) is 4. The molecule has 6 heteroatoms. The normalized spacial score (nSPS) is 17.5. The number of rotatable bonds is 3. The highest BCUT2D eigenvalue weighted by Gasteiger charge is 2.28. The van der Waals surface area contributed by atoms with Crippen molar-refractivity contribution in [1.82, 2.24) is 4.90 Å². The molecule has 0 aromatic heterocycles. The molecule has 2 aromatic rings. The van der Waals surface area contributed by atoms with Gasteiger partial charge in [-0.1, -0.05) is 24.3 Å². The molecule has 0 fully saturated rings. The average Bonchev–Trinajstić information content (AvgIpc) is 2.93. The van der Waals surface area contributed by atoms with E-state index in [2.05, 4.69) is 5.32 Å². The van der Waals surface area contributed by atoms with Crippen LogP contribution < -0.4 is 14.8 Å². The van der Waals surface area contributed by atoms with E-state index in [1.54, 1.807) is 29.3 Å². The zero-order valence-corrected chi connectivity index (χ0v) is 15.7. The second-order valence-electron chi connectivity index (χ2n) is 6.85. The lowest BCUT2D eigenvalue weighted by atomic mass is 9.93. The van der Waals surface area contributed by atoms with Crippen LogP contribution in [0.3, 0.4) is 0 Å². The number of nitrogens with zero attached hydrogens (tertiary/aromatic N) is 1. The molecule has 0 radical (unpaired) electrons. The smallest absolute Gasteiger partial charge is 0.226 e. The zero-order chi connectivity index (χ0) is 19.5. The van der Waals surface area contributed by atoms with E-state index in [1.165, 1.54) is 6.92 Å². The minimum atomic E-state index is -0.334. The van der Waals surface area contributed by atoms with Gasteiger partial charge in [-0.25, -0.2) is 0 Å². The van der Waals surface area contributed by atoms with Crippen LogP contribution in [0.4, 0.5) is 5.69 Å². The van der Waals surface area contributed by atoms with Gasteiger partial charge in [-0.15, -0.1) is 0 Å². The van der Waals surface area contributed by atoms with Crippen LogP contribution in [0, 0.1) is 0 Å². The van der Waals surface area contributed by atoms with Crippen LogP contribution in [0.1, 0.15) is 36.9 Å². The summed E-state index contributed by atoms with van der Waals surface area (Å²) in [6.45, 7) is 2.71. The van der Waals surface area contributed by atoms with E-state index in [0.29, 0.717) is 30.4 Å². The summed E-state index contributed by atoms with van der Waals surface area (Å²) in [5.74, 6) is 1.05. The maximum Gasteiger partial charge on any atom is 0.226 e. The van der Waals surface area contributed by atoms with Crippen molar-refractivity contribution in [2.75, 3.05) is 18.5 Å². The third-order valence-electron chi connectivity index (χ3n) is 4.88. The predicted molar refractivity (Wildman–Crippen MR) is 106 cm³/mol. The average molecular weight is 378 g/mol. The summed E-state index contributed by atoms with van der Waals surface area (Å²) in [7, 11) is 0. The van der Waals surface area contributed by atoms with Crippen molar-refractivity contribution in [3.05, 3.63) is 59.8 Å². The Hall–Kier alpha value is -3.28. The van der Waals surface area contributed by atoms with Gasteiger partial charge in [0.15, 0.2) is 11.5 Å². The van der Waals surface area contributed by atoms with Crippen LogP contribution in [0.5, 0.6) is 11.5 Å². The second-order valence-corrected chi connectivity index (χ2v) is 6.85. The molecular formula is C22H22N2O4. The van der Waals surface area contributed by atoms with Gasteiger partial charge < -0.3 is 19.7 Å². The van der Waals surface area contributed by atoms with Gasteiger partial charge in [0.25, 0.3) is 0 Å². The lowest BCUT2D eigenvalue weighted by Gasteiger charge is -2.32. The van der Waals surface area contributed by atoms with Crippen molar-refractivity contribution in [3.63, 3.8) is 0 Å². The first-order valence-corrected chi connectivity index (χ1v) is 9.37. The van der Waals surface area contributed by atoms with Crippen molar-refractivity contribution in [1.29, 1.82) is 0 Å². The molecule has 2 amide bonds. The number of nitrogens with one attached hydrogen (secondary N) is 1. The summed E-state index contributed by atoms with van der Waals surface area (Å²) in [4.78, 5) is 26.4. The number of carbonyl (C=O) groups excluding carboxylic acids is 2. The lowest BCUT2D eigenvalue weighted by Crippen LogP contribution is -2.33. The first-order valence-electron chi connectivity index (χ1n) is 9.37. The first-order chi connectivity index (χ1) is 13.6. The van der Waals surface area contributed by atoms with Crippen molar-refractivity contribution >= 4 is 23.6 Å². The maximum absolute atomic E-state index is 12.7. The molecule has 2 heterocycles. The Labute approximate surface area is 163 Å². The second kappa shape index (κ2) is 7.76. The molecule has 1 atom stereocenters. The molecule has 28 heavy (non-hydrogen) atoms. The van der Waals surface area contributed by atoms with E-state index in [1.807, 2.05) is 30.3 Å². The van der Waals surface area contributed by atoms with Gasteiger partial charge >= 0.3 is 0 Å². The molecule has 0 bridgehead atoms. The molecule has 2 aliphatic heterocycles. The Kier molecular flexibility index (Phi) is 5.02. The quantitative estimate of drug-likeness (QED) is 0.883. The fourth-order valence-corrected chi connectivity index (χ4v) is 3.54. The highest BCUT2D eigenvalue weighted by atomic mass is 16.5. The van der Waals surface area contributed by atoms with E-state index in [-0.39, 0.29) is 24.3 Å². The molecule has 6 nitrogen and oxygen atoms in total. The molecular weight excluding hydrogens is 356 g/mol. The zero-order valence-electron chi connectivity index (χ0n) is 15.7. The minimum absolute atomic E-state index is 0.0980. The van der Waals surface area contributed by atoms with Crippen LogP contribution in [0.2, 0.25) is 0 Å². The molecule has 0 aliphatic carbocycles. The summed E-state index contributed by atoms with van der Waals surface area (Å²) >= 11 is 0. The summed E-state index contributed by atoms with van der Waals surface area (Å²) < 4.78 is 11.3. The Morgan fingerprint density at radius 3 is 2.71 bits per heavy atom. The molecule has 2 aromatic carbocycles. The summed E-state index contributed by atoms with van der Waals surface area (Å²) in [5.41, 5.74) is 2.63. The Morgan fingerprint density at radius 2 is 1.89 bits per heavy atom. The number of ether oxygens (including phenoxy) is 2. The van der Waals surface area contributed by atoms with Crippen molar-refractivity contribution in [2.24, 2.45) is 0 Å². The lowest BCUT2D eigenvalue weighted by molar-refractivity contribution is -0.129. The molecule has 0 saturated heterocycles. The van der Waals surface area contributed by atoms with Crippen molar-refractivity contribution in [2.45, 2.75) is 25.8 Å². The number of anilines is 1. The minimum Gasteiger partial charge on any atom is -0.490 e. The Bertz CT molecular complexity index is 938. The molecule has 1 N–H and O–H groups in total. The topological polar surface area (TPSA) is 67.9 Å². The Morgan fingerprint density at radius 1 is 1.11 bits per heavy atom. The maximum atomic E-state index is 12.7.